The summed E-state index contributed by atoms with van der Waals surface area (Å²) >= 11 is 1.32. The van der Waals surface area contributed by atoms with Gasteiger partial charge in [-0.1, -0.05) is 84.2 Å². The molecule has 0 bridgehead atoms. The highest BCUT2D eigenvalue weighted by atomic mass is 32.1. The Morgan fingerprint density at radius 3 is 2.48 bits per heavy atom. The molecule has 5 nitrogen and oxygen atoms in total. The summed E-state index contributed by atoms with van der Waals surface area (Å²) in [5.74, 6) is -0.448. The van der Waals surface area contributed by atoms with E-state index in [-0.39, 0.29) is 12.2 Å². The third kappa shape index (κ3) is 4.20. The predicted octanol–water partition coefficient (Wildman–Crippen LogP) is 3.46. The van der Waals surface area contributed by atoms with Gasteiger partial charge < -0.3 is 4.74 Å². The number of hydrogen-bond donors (Lipinski definition) is 0. The van der Waals surface area contributed by atoms with Crippen LogP contribution in [0.2, 0.25) is 0 Å². The smallest absolute Gasteiger partial charge is 0.338 e. The Morgan fingerprint density at radius 1 is 1.13 bits per heavy atom. The molecule has 2 heterocycles. The van der Waals surface area contributed by atoms with Gasteiger partial charge >= 0.3 is 5.97 Å². The minimum atomic E-state index is -0.572. The summed E-state index contributed by atoms with van der Waals surface area (Å²) in [6.45, 7) is 3.81. The molecule has 0 saturated carbocycles. The van der Waals surface area contributed by atoms with Gasteiger partial charge in [0.2, 0.25) is 0 Å². The van der Waals surface area contributed by atoms with Crippen molar-refractivity contribution in [3.63, 3.8) is 0 Å². The maximum Gasteiger partial charge on any atom is 0.338 e. The van der Waals surface area contributed by atoms with Gasteiger partial charge in [0.1, 0.15) is 0 Å². The third-order valence-electron chi connectivity index (χ3n) is 4.97. The number of allylic oxidation sites excluding steroid dienone is 2. The molecule has 1 aliphatic heterocycles. The summed E-state index contributed by atoms with van der Waals surface area (Å²) in [5, 5.41) is 0. The van der Waals surface area contributed by atoms with E-state index in [0.717, 1.165) is 11.1 Å². The van der Waals surface area contributed by atoms with Crippen LogP contribution in [0.4, 0.5) is 0 Å². The number of aromatic nitrogens is 1. The van der Waals surface area contributed by atoms with E-state index in [1.807, 2.05) is 72.8 Å². The molecule has 156 valence electrons. The van der Waals surface area contributed by atoms with Gasteiger partial charge in [0.15, 0.2) is 4.80 Å². The molecule has 2 aromatic carbocycles. The average molecular weight is 431 g/mol. The molecule has 0 amide bonds. The minimum absolute atomic E-state index is 0.176. The number of nitrogens with zero attached hydrogens (tertiary/aromatic N) is 2. The van der Waals surface area contributed by atoms with Crippen LogP contribution >= 0.6 is 11.3 Å². The SMILES string of the molecule is CCOC(=O)C1=C(C)N=c2sc(=C/C=C\c3ccccc3)c(=O)n2[C@H]1c1ccccc1. The van der Waals surface area contributed by atoms with Gasteiger partial charge in [-0.25, -0.2) is 9.79 Å². The molecule has 0 aliphatic carbocycles. The normalized spacial score (nSPS) is 16.3. The van der Waals surface area contributed by atoms with E-state index >= 15 is 0 Å². The van der Waals surface area contributed by atoms with Crippen LogP contribution in [0.15, 0.2) is 87.8 Å². The first-order valence-corrected chi connectivity index (χ1v) is 10.9. The maximum atomic E-state index is 13.3. The Kier molecular flexibility index (Phi) is 6.09. The topological polar surface area (TPSA) is 60.7 Å². The zero-order chi connectivity index (χ0) is 21.8. The van der Waals surface area contributed by atoms with Crippen LogP contribution in [0.25, 0.3) is 12.2 Å². The molecule has 0 spiro atoms. The van der Waals surface area contributed by atoms with E-state index in [1.54, 1.807) is 24.5 Å². The molecule has 4 rings (SSSR count). The van der Waals surface area contributed by atoms with Gasteiger partial charge in [0.05, 0.1) is 28.5 Å². The predicted molar refractivity (Wildman–Crippen MR) is 123 cm³/mol. The minimum Gasteiger partial charge on any atom is -0.463 e. The highest BCUT2D eigenvalue weighted by molar-refractivity contribution is 7.07. The van der Waals surface area contributed by atoms with Crippen molar-refractivity contribution in [2.75, 3.05) is 6.61 Å². The van der Waals surface area contributed by atoms with Gasteiger partial charge in [0, 0.05) is 0 Å². The molecule has 3 aromatic rings. The van der Waals surface area contributed by atoms with Crippen molar-refractivity contribution < 1.29 is 9.53 Å². The van der Waals surface area contributed by atoms with E-state index in [9.17, 15) is 9.59 Å². The Hall–Kier alpha value is -3.51. The molecule has 0 fully saturated rings. The van der Waals surface area contributed by atoms with Crippen molar-refractivity contribution in [3.8, 4) is 0 Å². The molecule has 1 aliphatic rings. The van der Waals surface area contributed by atoms with E-state index in [2.05, 4.69) is 4.99 Å². The van der Waals surface area contributed by atoms with Crippen LogP contribution in [0.1, 0.15) is 31.0 Å². The Morgan fingerprint density at radius 2 is 1.81 bits per heavy atom. The van der Waals surface area contributed by atoms with Crippen LogP contribution in [-0.2, 0) is 9.53 Å². The molecule has 6 heteroatoms. The summed E-state index contributed by atoms with van der Waals surface area (Å²) in [7, 11) is 0. The second kappa shape index (κ2) is 9.10. The molecule has 0 radical (unpaired) electrons. The highest BCUT2D eigenvalue weighted by Crippen LogP contribution is 2.30. The molecular weight excluding hydrogens is 408 g/mol. The number of benzene rings is 2. The monoisotopic (exact) mass is 430 g/mol. The van der Waals surface area contributed by atoms with E-state index in [0.29, 0.717) is 20.6 Å². The Bertz CT molecular complexity index is 1330. The molecule has 0 unspecified atom stereocenters. The van der Waals surface area contributed by atoms with Crippen LogP contribution in [0.3, 0.4) is 0 Å². The van der Waals surface area contributed by atoms with Crippen molar-refractivity contribution in [1.29, 1.82) is 0 Å². The highest BCUT2D eigenvalue weighted by Gasteiger charge is 2.33. The number of carbonyl (C=O) groups is 1. The summed E-state index contributed by atoms with van der Waals surface area (Å²) in [6.07, 6.45) is 5.60. The lowest BCUT2D eigenvalue weighted by Gasteiger charge is -2.24. The summed E-state index contributed by atoms with van der Waals surface area (Å²) < 4.78 is 7.45. The number of carbonyl (C=O) groups excluding carboxylic acids is 1. The van der Waals surface area contributed by atoms with Crippen molar-refractivity contribution in [2.45, 2.75) is 19.9 Å². The van der Waals surface area contributed by atoms with Crippen LogP contribution in [0.5, 0.6) is 0 Å². The summed E-state index contributed by atoms with van der Waals surface area (Å²) in [5.41, 5.74) is 2.68. The van der Waals surface area contributed by atoms with Gasteiger partial charge in [0.25, 0.3) is 5.56 Å². The zero-order valence-electron chi connectivity index (χ0n) is 17.3. The number of fused-ring (bicyclic) bond motifs is 1. The maximum absolute atomic E-state index is 13.3. The van der Waals surface area contributed by atoms with E-state index < -0.39 is 12.0 Å². The number of rotatable bonds is 5. The molecule has 0 saturated heterocycles. The first kappa shape index (κ1) is 20.8. The van der Waals surface area contributed by atoms with Crippen molar-refractivity contribution in [3.05, 3.63) is 109 Å². The summed E-state index contributed by atoms with van der Waals surface area (Å²) in [4.78, 5) is 31.3. The van der Waals surface area contributed by atoms with Gasteiger partial charge in [-0.2, -0.15) is 0 Å². The van der Waals surface area contributed by atoms with Crippen molar-refractivity contribution >= 4 is 29.5 Å². The number of hydrogen-bond acceptors (Lipinski definition) is 5. The second-order valence-electron chi connectivity index (χ2n) is 7.01. The third-order valence-corrected chi connectivity index (χ3v) is 5.97. The Labute approximate surface area is 184 Å². The first-order valence-electron chi connectivity index (χ1n) is 10.1. The lowest BCUT2D eigenvalue weighted by molar-refractivity contribution is -0.139. The molecule has 1 aromatic heterocycles. The number of esters is 1. The quantitative estimate of drug-likeness (QED) is 0.583. The lowest BCUT2D eigenvalue weighted by atomic mass is 9.96. The fourth-order valence-corrected chi connectivity index (χ4v) is 4.57. The van der Waals surface area contributed by atoms with Gasteiger partial charge in [-0.15, -0.1) is 0 Å². The van der Waals surface area contributed by atoms with Crippen molar-refractivity contribution in [1.82, 2.24) is 4.57 Å². The first-order chi connectivity index (χ1) is 15.1. The molecule has 31 heavy (non-hydrogen) atoms. The number of ether oxygens (including phenoxy) is 1. The van der Waals surface area contributed by atoms with E-state index in [4.69, 9.17) is 4.74 Å². The Balaban J connectivity index is 1.85. The van der Waals surface area contributed by atoms with Gasteiger partial charge in [-0.3, -0.25) is 9.36 Å². The fraction of sp³-hybridized carbons (Fsp3) is 0.160. The summed E-state index contributed by atoms with van der Waals surface area (Å²) in [6, 6.07) is 18.8. The zero-order valence-corrected chi connectivity index (χ0v) is 18.1. The molecule has 1 atom stereocenters. The number of thiazole rings is 1. The molecular formula is C25H22N2O3S. The van der Waals surface area contributed by atoms with Crippen LogP contribution < -0.4 is 14.9 Å². The fourth-order valence-electron chi connectivity index (χ4n) is 3.57. The second-order valence-corrected chi connectivity index (χ2v) is 8.01. The van der Waals surface area contributed by atoms with E-state index in [1.165, 1.54) is 11.3 Å². The standard InChI is InChI=1S/C25H22N2O3S/c1-3-30-24(29)21-17(2)26-25-27(22(21)19-14-8-5-9-15-19)23(28)20(31-25)16-10-13-18-11-6-4-7-12-18/h4-16,22H,3H2,1-2H3/b13-10-,20-16?/t22-/m0/s1. The average Bonchev–Trinajstić information content (AvgIpc) is 3.09. The van der Waals surface area contributed by atoms with Gasteiger partial charge in [-0.05, 0) is 31.1 Å². The van der Waals surface area contributed by atoms with Crippen LogP contribution in [-0.4, -0.2) is 17.1 Å². The lowest BCUT2D eigenvalue weighted by Crippen LogP contribution is -2.39. The van der Waals surface area contributed by atoms with Crippen molar-refractivity contribution in [2.24, 2.45) is 4.99 Å². The largest absolute Gasteiger partial charge is 0.463 e. The van der Waals surface area contributed by atoms with Crippen LogP contribution in [0, 0.1) is 0 Å². The molecule has 0 N–H and O–H groups in total.